The molecule has 0 aromatic heterocycles. The molecule has 0 spiro atoms. The summed E-state index contributed by atoms with van der Waals surface area (Å²) < 4.78 is 10.6. The van der Waals surface area contributed by atoms with Crippen LogP contribution in [0.5, 0.6) is 28.7 Å². The summed E-state index contributed by atoms with van der Waals surface area (Å²) in [7, 11) is 0. The Kier molecular flexibility index (Phi) is 2.35. The monoisotopic (exact) mass is 304 g/mol. The summed E-state index contributed by atoms with van der Waals surface area (Å²) in [5.41, 5.74) is 1.57. The zero-order valence-corrected chi connectivity index (χ0v) is 11.4. The molecule has 0 fully saturated rings. The van der Waals surface area contributed by atoms with E-state index in [0.717, 1.165) is 6.07 Å². The van der Waals surface area contributed by atoms with Gasteiger partial charge in [0.25, 0.3) is 0 Å². The number of aliphatic hydroxyl groups is 2. The minimum atomic E-state index is -1.45. The summed E-state index contributed by atoms with van der Waals surface area (Å²) in [6.07, 6.45) is -2.85. The molecule has 0 bridgehead atoms. The summed E-state index contributed by atoms with van der Waals surface area (Å²) in [5.74, 6) is -1.39. The maximum atomic E-state index is 10.2. The molecule has 7 heteroatoms. The van der Waals surface area contributed by atoms with Crippen molar-refractivity contribution < 1.29 is 35.0 Å². The molecular weight excluding hydrogens is 292 g/mol. The lowest BCUT2D eigenvalue weighted by Crippen LogP contribution is -2.21. The molecule has 0 aliphatic carbocycles. The molecule has 0 radical (unpaired) electrons. The molecule has 2 aromatic rings. The van der Waals surface area contributed by atoms with Crippen LogP contribution in [0.2, 0.25) is 0 Å². The van der Waals surface area contributed by atoms with Crippen molar-refractivity contribution in [3.63, 3.8) is 0 Å². The number of hydrogen-bond acceptors (Lipinski definition) is 7. The second-order valence-corrected chi connectivity index (χ2v) is 5.31. The molecular formula is C15H12O7. The van der Waals surface area contributed by atoms with Crippen molar-refractivity contribution in [2.45, 2.75) is 19.5 Å². The highest BCUT2D eigenvalue weighted by atomic mass is 16.6. The van der Waals surface area contributed by atoms with Gasteiger partial charge in [-0.3, -0.25) is 0 Å². The number of aromatic hydroxyl groups is 3. The Morgan fingerprint density at radius 1 is 0.818 bits per heavy atom. The van der Waals surface area contributed by atoms with Gasteiger partial charge in [0.2, 0.25) is 18.3 Å². The standard InChI is InChI=1S/C15H12O7/c1-4-2-5-8-9-6(15(20)21-12(8)10(4)17)3-7(16)11(18)13(9)22-14(5)19/h2-3,14-20H,1H3. The van der Waals surface area contributed by atoms with Crippen molar-refractivity contribution in [3.05, 3.63) is 28.8 Å². The third-order valence-corrected chi connectivity index (χ3v) is 3.98. The zero-order valence-electron chi connectivity index (χ0n) is 11.4. The van der Waals surface area contributed by atoms with Crippen LogP contribution >= 0.6 is 0 Å². The molecule has 0 saturated heterocycles. The van der Waals surface area contributed by atoms with Crippen molar-refractivity contribution in [1.29, 1.82) is 0 Å². The van der Waals surface area contributed by atoms with Crippen LogP contribution in [-0.4, -0.2) is 25.5 Å². The molecule has 2 unspecified atom stereocenters. The molecule has 0 amide bonds. The number of rotatable bonds is 0. The van der Waals surface area contributed by atoms with E-state index < -0.39 is 24.1 Å². The maximum Gasteiger partial charge on any atom is 0.225 e. The average Bonchev–Trinajstić information content (AvgIpc) is 2.47. The van der Waals surface area contributed by atoms with Gasteiger partial charge in [-0.05, 0) is 24.6 Å². The molecule has 2 aromatic carbocycles. The summed E-state index contributed by atoms with van der Waals surface area (Å²) >= 11 is 0. The lowest BCUT2D eigenvalue weighted by Gasteiger charge is -2.34. The Bertz CT molecular complexity index is 758. The molecule has 114 valence electrons. The fourth-order valence-corrected chi connectivity index (χ4v) is 2.94. The Morgan fingerprint density at radius 2 is 1.32 bits per heavy atom. The van der Waals surface area contributed by atoms with Gasteiger partial charge < -0.3 is 35.0 Å². The van der Waals surface area contributed by atoms with Gasteiger partial charge in [-0.1, -0.05) is 0 Å². The number of phenolic OH excluding ortho intramolecular Hbond substituents is 3. The van der Waals surface area contributed by atoms with Crippen molar-refractivity contribution in [1.82, 2.24) is 0 Å². The lowest BCUT2D eigenvalue weighted by molar-refractivity contribution is -0.0367. The molecule has 0 saturated carbocycles. The van der Waals surface area contributed by atoms with Crippen LogP contribution in [0.15, 0.2) is 12.1 Å². The van der Waals surface area contributed by atoms with Crippen LogP contribution in [-0.2, 0) is 0 Å². The second-order valence-electron chi connectivity index (χ2n) is 5.31. The van der Waals surface area contributed by atoms with Crippen LogP contribution in [0, 0.1) is 6.92 Å². The van der Waals surface area contributed by atoms with E-state index in [1.807, 2.05) is 0 Å². The Morgan fingerprint density at radius 3 is 1.91 bits per heavy atom. The van der Waals surface area contributed by atoms with Gasteiger partial charge in [0, 0.05) is 22.3 Å². The fourth-order valence-electron chi connectivity index (χ4n) is 2.94. The van der Waals surface area contributed by atoms with E-state index >= 15 is 0 Å². The number of ether oxygens (including phenoxy) is 2. The third-order valence-electron chi connectivity index (χ3n) is 3.98. The molecule has 2 aliphatic rings. The van der Waals surface area contributed by atoms with Gasteiger partial charge >= 0.3 is 0 Å². The number of benzene rings is 2. The normalized spacial score (nSPS) is 20.9. The van der Waals surface area contributed by atoms with Gasteiger partial charge in [-0.15, -0.1) is 0 Å². The Labute approximate surface area is 124 Å². The van der Waals surface area contributed by atoms with E-state index in [-0.39, 0.29) is 28.4 Å². The van der Waals surface area contributed by atoms with E-state index in [1.165, 1.54) is 6.07 Å². The summed E-state index contributed by atoms with van der Waals surface area (Å²) in [6, 6.07) is 2.69. The smallest absolute Gasteiger partial charge is 0.225 e. The quantitative estimate of drug-likeness (QED) is 0.468. The van der Waals surface area contributed by atoms with Crippen molar-refractivity contribution in [3.8, 4) is 39.9 Å². The third kappa shape index (κ3) is 1.41. The first-order chi connectivity index (χ1) is 10.4. The van der Waals surface area contributed by atoms with Crippen LogP contribution in [0.3, 0.4) is 0 Å². The van der Waals surface area contributed by atoms with Gasteiger partial charge in [0.15, 0.2) is 23.0 Å². The highest BCUT2D eigenvalue weighted by molar-refractivity contribution is 5.89. The summed E-state index contributed by atoms with van der Waals surface area (Å²) in [6.45, 7) is 1.62. The highest BCUT2D eigenvalue weighted by Gasteiger charge is 2.40. The zero-order chi connectivity index (χ0) is 15.8. The van der Waals surface area contributed by atoms with Crippen molar-refractivity contribution in [2.24, 2.45) is 0 Å². The molecule has 5 N–H and O–H groups in total. The van der Waals surface area contributed by atoms with Crippen LogP contribution in [0.25, 0.3) is 11.1 Å². The van der Waals surface area contributed by atoms with Crippen molar-refractivity contribution in [2.75, 3.05) is 0 Å². The number of aliphatic hydroxyl groups excluding tert-OH is 2. The minimum Gasteiger partial charge on any atom is -0.504 e. The number of hydrogen-bond donors (Lipinski definition) is 5. The van der Waals surface area contributed by atoms with E-state index in [0.29, 0.717) is 16.7 Å². The predicted molar refractivity (Wildman–Crippen MR) is 72.8 cm³/mol. The summed E-state index contributed by atoms with van der Waals surface area (Å²) in [4.78, 5) is 0. The minimum absolute atomic E-state index is 0.00342. The molecule has 2 heterocycles. The van der Waals surface area contributed by atoms with Crippen LogP contribution < -0.4 is 9.47 Å². The Balaban J connectivity index is 2.19. The molecule has 7 nitrogen and oxygen atoms in total. The first-order valence-electron chi connectivity index (χ1n) is 6.55. The van der Waals surface area contributed by atoms with Crippen molar-refractivity contribution >= 4 is 0 Å². The number of phenols is 3. The highest BCUT2D eigenvalue weighted by Crippen LogP contribution is 2.59. The topological polar surface area (TPSA) is 120 Å². The van der Waals surface area contributed by atoms with Crippen LogP contribution in [0.1, 0.15) is 29.3 Å². The average molecular weight is 304 g/mol. The van der Waals surface area contributed by atoms with Gasteiger partial charge in [0.05, 0.1) is 0 Å². The van der Waals surface area contributed by atoms with E-state index in [2.05, 4.69) is 0 Å². The molecule has 22 heavy (non-hydrogen) atoms. The maximum absolute atomic E-state index is 10.2. The van der Waals surface area contributed by atoms with Gasteiger partial charge in [-0.2, -0.15) is 0 Å². The molecule has 2 aliphatic heterocycles. The van der Waals surface area contributed by atoms with Gasteiger partial charge in [-0.25, -0.2) is 0 Å². The SMILES string of the molecule is Cc1cc2c3c(c1O)OC(O)c1cc(O)c(O)c(c1-3)OC2O. The van der Waals surface area contributed by atoms with Gasteiger partial charge in [0.1, 0.15) is 0 Å². The fraction of sp³-hybridized carbons (Fsp3) is 0.200. The number of aryl methyl sites for hydroxylation is 1. The largest absolute Gasteiger partial charge is 0.504 e. The molecule has 2 atom stereocenters. The van der Waals surface area contributed by atoms with E-state index in [9.17, 15) is 25.5 Å². The summed E-state index contributed by atoms with van der Waals surface area (Å²) in [5, 5.41) is 50.1. The first-order valence-corrected chi connectivity index (χ1v) is 6.55. The van der Waals surface area contributed by atoms with E-state index in [4.69, 9.17) is 9.47 Å². The molecule has 4 rings (SSSR count). The second kappa shape index (κ2) is 3.96. The predicted octanol–water partition coefficient (Wildman–Crippen LogP) is 1.55. The Hall–Kier alpha value is -2.64. The van der Waals surface area contributed by atoms with Crippen LogP contribution in [0.4, 0.5) is 0 Å². The lowest BCUT2D eigenvalue weighted by atomic mass is 9.87. The first kappa shape index (κ1) is 13.1. The van der Waals surface area contributed by atoms with E-state index in [1.54, 1.807) is 6.92 Å².